The first-order valence-corrected chi connectivity index (χ1v) is 5.72. The number of halogens is 2. The Morgan fingerprint density at radius 3 is 2.76 bits per heavy atom. The van der Waals surface area contributed by atoms with E-state index in [0.717, 1.165) is 0 Å². The number of aromatic nitrogens is 1. The number of nitro groups is 1. The molecule has 0 aliphatic heterocycles. The van der Waals surface area contributed by atoms with E-state index in [1.54, 1.807) is 6.92 Å². The number of benzene rings is 1. The highest BCUT2D eigenvalue weighted by molar-refractivity contribution is 5.95. The largest absolute Gasteiger partial charge is 0.444 e. The minimum atomic E-state index is -1.53. The molecule has 0 aliphatic rings. The van der Waals surface area contributed by atoms with Crippen LogP contribution in [0.2, 0.25) is 0 Å². The van der Waals surface area contributed by atoms with Crippen molar-refractivity contribution < 1.29 is 22.9 Å². The van der Waals surface area contributed by atoms with Gasteiger partial charge in [0.1, 0.15) is 17.1 Å². The van der Waals surface area contributed by atoms with Gasteiger partial charge in [-0.3, -0.25) is 14.9 Å². The van der Waals surface area contributed by atoms with Gasteiger partial charge in [-0.05, 0) is 13.0 Å². The summed E-state index contributed by atoms with van der Waals surface area (Å²) in [6.07, 6.45) is 1.41. The lowest BCUT2D eigenvalue weighted by molar-refractivity contribution is -0.387. The summed E-state index contributed by atoms with van der Waals surface area (Å²) in [5, 5.41) is 12.8. The summed E-state index contributed by atoms with van der Waals surface area (Å²) in [5.74, 6) is -3.20. The number of oxazole rings is 1. The third-order valence-electron chi connectivity index (χ3n) is 2.56. The highest BCUT2D eigenvalue weighted by atomic mass is 19.1. The number of hydrogen-bond donors (Lipinski definition) is 1. The lowest BCUT2D eigenvalue weighted by Crippen LogP contribution is -2.25. The van der Waals surface area contributed by atoms with Gasteiger partial charge in [0.25, 0.3) is 5.91 Å². The second kappa shape index (κ2) is 5.65. The Kier molecular flexibility index (Phi) is 3.92. The molecule has 1 aromatic heterocycles. The SMILES string of the molecule is Cc1cnc(CNC(=O)c2c(F)ccc([N+](=O)[O-])c2F)o1. The average molecular weight is 297 g/mol. The van der Waals surface area contributed by atoms with Crippen LogP contribution in [0.5, 0.6) is 0 Å². The second-order valence-corrected chi connectivity index (χ2v) is 4.06. The Bertz CT molecular complexity index is 715. The number of rotatable bonds is 4. The maximum Gasteiger partial charge on any atom is 0.305 e. The first-order chi connectivity index (χ1) is 9.90. The zero-order valence-electron chi connectivity index (χ0n) is 10.7. The number of carbonyl (C=O) groups excluding carboxylic acids is 1. The number of amides is 1. The van der Waals surface area contributed by atoms with Crippen molar-refractivity contribution in [2.45, 2.75) is 13.5 Å². The Balaban J connectivity index is 2.22. The van der Waals surface area contributed by atoms with Crippen molar-refractivity contribution >= 4 is 11.6 Å². The van der Waals surface area contributed by atoms with Crippen LogP contribution in [0.1, 0.15) is 22.0 Å². The van der Waals surface area contributed by atoms with Crippen molar-refractivity contribution in [2.24, 2.45) is 0 Å². The van der Waals surface area contributed by atoms with Crippen molar-refractivity contribution in [1.82, 2.24) is 10.3 Å². The smallest absolute Gasteiger partial charge is 0.305 e. The van der Waals surface area contributed by atoms with Gasteiger partial charge < -0.3 is 9.73 Å². The molecule has 0 saturated carbocycles. The second-order valence-electron chi connectivity index (χ2n) is 4.06. The van der Waals surface area contributed by atoms with Crippen LogP contribution >= 0.6 is 0 Å². The summed E-state index contributed by atoms with van der Waals surface area (Å²) >= 11 is 0. The summed E-state index contributed by atoms with van der Waals surface area (Å²) < 4.78 is 32.4. The fraction of sp³-hybridized carbons (Fsp3) is 0.167. The molecule has 9 heteroatoms. The fourth-order valence-corrected chi connectivity index (χ4v) is 1.62. The highest BCUT2D eigenvalue weighted by Gasteiger charge is 2.26. The first kappa shape index (κ1) is 14.6. The molecular formula is C12H9F2N3O4. The summed E-state index contributed by atoms with van der Waals surface area (Å²) in [6, 6.07) is 1.31. The van der Waals surface area contributed by atoms with Gasteiger partial charge in [-0.15, -0.1) is 0 Å². The molecule has 0 spiro atoms. The van der Waals surface area contributed by atoms with E-state index in [0.29, 0.717) is 17.9 Å². The molecule has 0 aliphatic carbocycles. The Hall–Kier alpha value is -2.84. The monoisotopic (exact) mass is 297 g/mol. The molecule has 0 fully saturated rings. The van der Waals surface area contributed by atoms with Gasteiger partial charge >= 0.3 is 5.69 Å². The van der Waals surface area contributed by atoms with E-state index in [2.05, 4.69) is 10.3 Å². The van der Waals surface area contributed by atoms with Gasteiger partial charge in [0.2, 0.25) is 11.7 Å². The summed E-state index contributed by atoms with van der Waals surface area (Å²) in [5.41, 5.74) is -2.00. The summed E-state index contributed by atoms with van der Waals surface area (Å²) in [4.78, 5) is 25.1. The van der Waals surface area contributed by atoms with E-state index in [9.17, 15) is 23.7 Å². The Morgan fingerprint density at radius 2 is 2.19 bits per heavy atom. The predicted molar refractivity (Wildman–Crippen MR) is 65.4 cm³/mol. The normalized spacial score (nSPS) is 10.4. The zero-order valence-corrected chi connectivity index (χ0v) is 10.7. The van der Waals surface area contributed by atoms with Gasteiger partial charge in [0.05, 0.1) is 17.7 Å². The fourth-order valence-electron chi connectivity index (χ4n) is 1.62. The molecule has 0 bridgehead atoms. The molecule has 1 heterocycles. The van der Waals surface area contributed by atoms with Gasteiger partial charge in [-0.1, -0.05) is 0 Å². The number of nitrogens with zero attached hydrogens (tertiary/aromatic N) is 2. The Labute approximate surface area is 116 Å². The van der Waals surface area contributed by atoms with Crippen LogP contribution in [0.25, 0.3) is 0 Å². The lowest BCUT2D eigenvalue weighted by atomic mass is 10.1. The van der Waals surface area contributed by atoms with E-state index in [1.807, 2.05) is 0 Å². The molecule has 7 nitrogen and oxygen atoms in total. The third kappa shape index (κ3) is 3.02. The van der Waals surface area contributed by atoms with Crippen LogP contribution in [0.3, 0.4) is 0 Å². The summed E-state index contributed by atoms with van der Waals surface area (Å²) in [7, 11) is 0. The molecule has 2 rings (SSSR count). The van der Waals surface area contributed by atoms with Crippen molar-refractivity contribution in [1.29, 1.82) is 0 Å². The van der Waals surface area contributed by atoms with Crippen molar-refractivity contribution in [2.75, 3.05) is 0 Å². The van der Waals surface area contributed by atoms with Crippen LogP contribution < -0.4 is 5.32 Å². The van der Waals surface area contributed by atoms with Gasteiger partial charge in [0.15, 0.2) is 0 Å². The predicted octanol–water partition coefficient (Wildman–Crippen LogP) is 2.10. The zero-order chi connectivity index (χ0) is 15.6. The van der Waals surface area contributed by atoms with E-state index in [1.165, 1.54) is 6.20 Å². The van der Waals surface area contributed by atoms with E-state index in [4.69, 9.17) is 4.42 Å². The topological polar surface area (TPSA) is 98.3 Å². The van der Waals surface area contributed by atoms with Gasteiger partial charge in [0, 0.05) is 6.07 Å². The average Bonchev–Trinajstić information content (AvgIpc) is 2.82. The molecule has 21 heavy (non-hydrogen) atoms. The highest BCUT2D eigenvalue weighted by Crippen LogP contribution is 2.23. The van der Waals surface area contributed by atoms with Crippen molar-refractivity contribution in [3.63, 3.8) is 0 Å². The summed E-state index contributed by atoms with van der Waals surface area (Å²) in [6.45, 7) is 1.44. The minimum Gasteiger partial charge on any atom is -0.444 e. The maximum absolute atomic E-state index is 13.8. The molecule has 1 aromatic carbocycles. The number of aryl methyl sites for hydroxylation is 1. The van der Waals surface area contributed by atoms with Crippen molar-refractivity contribution in [3.05, 3.63) is 57.3 Å². The molecule has 0 atom stereocenters. The number of nitro benzene ring substituents is 1. The number of hydrogen-bond acceptors (Lipinski definition) is 5. The molecule has 1 N–H and O–H groups in total. The molecule has 2 aromatic rings. The number of nitrogens with one attached hydrogen (secondary N) is 1. The molecule has 110 valence electrons. The minimum absolute atomic E-state index is 0.145. The standard InChI is InChI=1S/C12H9F2N3O4/c1-6-4-15-9(21-6)5-16-12(18)10-7(13)2-3-8(11(10)14)17(19)20/h2-4H,5H2,1H3,(H,16,18). The third-order valence-corrected chi connectivity index (χ3v) is 2.56. The lowest BCUT2D eigenvalue weighted by Gasteiger charge is -2.05. The maximum atomic E-state index is 13.8. The quantitative estimate of drug-likeness (QED) is 0.688. The van der Waals surface area contributed by atoms with Crippen LogP contribution in [-0.4, -0.2) is 15.8 Å². The van der Waals surface area contributed by atoms with Crippen LogP contribution in [0.4, 0.5) is 14.5 Å². The molecule has 1 amide bonds. The molecular weight excluding hydrogens is 288 g/mol. The van der Waals surface area contributed by atoms with E-state index < -0.39 is 33.7 Å². The molecule has 0 unspecified atom stereocenters. The van der Waals surface area contributed by atoms with E-state index >= 15 is 0 Å². The first-order valence-electron chi connectivity index (χ1n) is 5.72. The van der Waals surface area contributed by atoms with Crippen LogP contribution in [0, 0.1) is 28.7 Å². The molecule has 0 saturated heterocycles. The Morgan fingerprint density at radius 1 is 1.48 bits per heavy atom. The van der Waals surface area contributed by atoms with Crippen molar-refractivity contribution in [3.8, 4) is 0 Å². The van der Waals surface area contributed by atoms with Gasteiger partial charge in [-0.25, -0.2) is 9.37 Å². The molecule has 0 radical (unpaired) electrons. The number of carbonyl (C=O) groups is 1. The van der Waals surface area contributed by atoms with Crippen LogP contribution in [-0.2, 0) is 6.54 Å². The van der Waals surface area contributed by atoms with E-state index in [-0.39, 0.29) is 12.4 Å². The van der Waals surface area contributed by atoms with Crippen LogP contribution in [0.15, 0.2) is 22.7 Å². The van der Waals surface area contributed by atoms with Gasteiger partial charge in [-0.2, -0.15) is 4.39 Å².